The number of carboxylic acid groups (broad SMARTS) is 1. The molecule has 1 aliphatic heterocycles. The number of likely N-dealkylation sites (tertiary alicyclic amines) is 1. The lowest BCUT2D eigenvalue weighted by molar-refractivity contribution is -0.148. The molecule has 2 unspecified atom stereocenters. The lowest BCUT2D eigenvalue weighted by atomic mass is 9.90. The molecule has 2 aromatic carbocycles. The second-order valence-electron chi connectivity index (χ2n) is 10.1. The molecule has 0 spiro atoms. The molecule has 1 heterocycles. The second kappa shape index (κ2) is 9.72. The zero-order valence-electron chi connectivity index (χ0n) is 20.0. The van der Waals surface area contributed by atoms with Gasteiger partial charge in [-0.25, -0.2) is 4.79 Å². The van der Waals surface area contributed by atoms with Crippen LogP contribution < -0.4 is 5.32 Å². The third kappa shape index (κ3) is 4.64. The van der Waals surface area contributed by atoms with Crippen LogP contribution in [0, 0.1) is 11.8 Å². The van der Waals surface area contributed by atoms with Gasteiger partial charge in [0, 0.05) is 30.5 Å². The summed E-state index contributed by atoms with van der Waals surface area (Å²) in [4.78, 5) is 38.8. The Labute approximate surface area is 205 Å². The van der Waals surface area contributed by atoms with Crippen LogP contribution in [0.2, 0.25) is 0 Å². The van der Waals surface area contributed by atoms with Crippen LogP contribution in [0.15, 0.2) is 48.5 Å². The number of nitrogens with one attached hydrogen (secondary N) is 1. The van der Waals surface area contributed by atoms with Crippen LogP contribution >= 0.6 is 0 Å². The summed E-state index contributed by atoms with van der Waals surface area (Å²) in [6.07, 6.45) is 2.60. The zero-order chi connectivity index (χ0) is 24.5. The fraction of sp³-hybridized carbons (Fsp3) is 0.464. The number of hydrogen-bond donors (Lipinski definition) is 2. The van der Waals surface area contributed by atoms with E-state index in [1.807, 2.05) is 36.1 Å². The maximum atomic E-state index is 13.1. The Morgan fingerprint density at radius 2 is 1.60 bits per heavy atom. The molecular formula is C28H32N2O5. The Hall–Kier alpha value is -3.35. The molecule has 0 aromatic heterocycles. The van der Waals surface area contributed by atoms with Crippen LogP contribution in [0.4, 0.5) is 4.79 Å². The van der Waals surface area contributed by atoms with Crippen LogP contribution in [-0.2, 0) is 14.3 Å². The van der Waals surface area contributed by atoms with E-state index in [-0.39, 0.29) is 42.4 Å². The van der Waals surface area contributed by atoms with Gasteiger partial charge in [-0.2, -0.15) is 0 Å². The number of piperidine rings is 1. The third-order valence-corrected chi connectivity index (χ3v) is 7.96. The molecule has 7 heteroatoms. The van der Waals surface area contributed by atoms with Crippen molar-refractivity contribution in [3.63, 3.8) is 0 Å². The van der Waals surface area contributed by atoms with E-state index in [1.165, 1.54) is 22.3 Å². The highest BCUT2D eigenvalue weighted by Gasteiger charge is 2.38. The molecule has 2 N–H and O–H groups in total. The first-order valence-corrected chi connectivity index (χ1v) is 12.6. The molecular weight excluding hydrogens is 444 g/mol. The van der Waals surface area contributed by atoms with E-state index >= 15 is 0 Å². The standard InChI is InChI=1S/C28H32N2O5/c1-17-14-19(27(32)33)12-13-30(17)26(31)18-10-11-20(15-18)29-28(34)35-16-25-23-8-4-2-6-21(23)22-7-3-5-9-24(22)25/h2-9,17-20,25H,10-16H2,1H3,(H,29,34)(H,32,33)/t17?,18-,19?,20+/m0/s1. The van der Waals surface area contributed by atoms with Crippen LogP contribution in [0.1, 0.15) is 56.1 Å². The van der Waals surface area contributed by atoms with E-state index in [2.05, 4.69) is 29.6 Å². The first-order valence-electron chi connectivity index (χ1n) is 12.6. The van der Waals surface area contributed by atoms with E-state index in [0.29, 0.717) is 25.8 Å². The van der Waals surface area contributed by atoms with Crippen molar-refractivity contribution >= 4 is 18.0 Å². The molecule has 1 saturated heterocycles. The van der Waals surface area contributed by atoms with Crippen molar-refractivity contribution in [1.82, 2.24) is 10.2 Å². The summed E-state index contributed by atoms with van der Waals surface area (Å²) in [6, 6.07) is 16.3. The molecule has 5 rings (SSSR count). The number of rotatable bonds is 5. The number of amides is 2. The SMILES string of the molecule is CC1CC(C(=O)O)CCN1C(=O)[C@H]1CC[C@@H](NC(=O)OCC2c3ccccc3-c3ccccc32)C1. The first kappa shape index (κ1) is 23.4. The molecule has 4 atom stereocenters. The zero-order valence-corrected chi connectivity index (χ0v) is 20.0. The highest BCUT2D eigenvalue weighted by molar-refractivity contribution is 5.81. The Balaban J connectivity index is 1.13. The number of hydrogen-bond acceptors (Lipinski definition) is 4. The van der Waals surface area contributed by atoms with E-state index in [4.69, 9.17) is 4.74 Å². The minimum Gasteiger partial charge on any atom is -0.481 e. The van der Waals surface area contributed by atoms with Gasteiger partial charge in [-0.1, -0.05) is 48.5 Å². The molecule has 2 fully saturated rings. The number of benzene rings is 2. The van der Waals surface area contributed by atoms with Gasteiger partial charge in [-0.15, -0.1) is 0 Å². The molecule has 3 aliphatic rings. The van der Waals surface area contributed by atoms with Crippen LogP contribution in [0.5, 0.6) is 0 Å². The average molecular weight is 477 g/mol. The Morgan fingerprint density at radius 3 is 2.23 bits per heavy atom. The monoisotopic (exact) mass is 476 g/mol. The van der Waals surface area contributed by atoms with Gasteiger partial charge in [-0.3, -0.25) is 9.59 Å². The lowest BCUT2D eigenvalue weighted by Gasteiger charge is -2.37. The smallest absolute Gasteiger partial charge is 0.407 e. The molecule has 7 nitrogen and oxygen atoms in total. The molecule has 2 amide bonds. The predicted molar refractivity (Wildman–Crippen MR) is 131 cm³/mol. The minimum atomic E-state index is -0.780. The maximum absolute atomic E-state index is 13.1. The van der Waals surface area contributed by atoms with Crippen LogP contribution in [0.25, 0.3) is 11.1 Å². The van der Waals surface area contributed by atoms with Crippen molar-refractivity contribution in [2.45, 2.75) is 57.0 Å². The van der Waals surface area contributed by atoms with Crippen molar-refractivity contribution in [2.75, 3.05) is 13.2 Å². The fourth-order valence-corrected chi connectivity index (χ4v) is 6.10. The van der Waals surface area contributed by atoms with E-state index < -0.39 is 12.1 Å². The summed E-state index contributed by atoms with van der Waals surface area (Å²) in [5.41, 5.74) is 4.73. The molecule has 1 saturated carbocycles. The van der Waals surface area contributed by atoms with Crippen molar-refractivity contribution in [3.8, 4) is 11.1 Å². The summed E-state index contributed by atoms with van der Waals surface area (Å²) < 4.78 is 5.66. The molecule has 0 radical (unpaired) electrons. The van der Waals surface area contributed by atoms with E-state index in [9.17, 15) is 19.5 Å². The van der Waals surface area contributed by atoms with Gasteiger partial charge in [-0.05, 0) is 61.3 Å². The Morgan fingerprint density at radius 1 is 0.943 bits per heavy atom. The number of carbonyl (C=O) groups excluding carboxylic acids is 2. The molecule has 2 aromatic rings. The summed E-state index contributed by atoms with van der Waals surface area (Å²) in [5.74, 6) is -1.20. The van der Waals surface area contributed by atoms with E-state index in [0.717, 1.165) is 12.8 Å². The molecule has 35 heavy (non-hydrogen) atoms. The number of carboxylic acids is 1. The van der Waals surface area contributed by atoms with Crippen molar-refractivity contribution in [1.29, 1.82) is 0 Å². The van der Waals surface area contributed by atoms with Gasteiger partial charge in [0.05, 0.1) is 5.92 Å². The fourth-order valence-electron chi connectivity index (χ4n) is 6.10. The number of carbonyl (C=O) groups is 3. The van der Waals surface area contributed by atoms with Crippen molar-refractivity contribution < 1.29 is 24.2 Å². The maximum Gasteiger partial charge on any atom is 0.407 e. The quantitative estimate of drug-likeness (QED) is 0.667. The van der Waals surface area contributed by atoms with Crippen LogP contribution in [-0.4, -0.2) is 53.2 Å². The van der Waals surface area contributed by atoms with Gasteiger partial charge in [0.25, 0.3) is 0 Å². The van der Waals surface area contributed by atoms with Gasteiger partial charge in [0.15, 0.2) is 0 Å². The van der Waals surface area contributed by atoms with E-state index in [1.54, 1.807) is 0 Å². The second-order valence-corrected chi connectivity index (χ2v) is 10.1. The molecule has 2 aliphatic carbocycles. The largest absolute Gasteiger partial charge is 0.481 e. The summed E-state index contributed by atoms with van der Waals surface area (Å²) >= 11 is 0. The number of ether oxygens (including phenoxy) is 1. The Bertz CT molecular complexity index is 1090. The predicted octanol–water partition coefficient (Wildman–Crippen LogP) is 4.41. The van der Waals surface area contributed by atoms with Gasteiger partial charge in [0.1, 0.15) is 6.61 Å². The summed E-state index contributed by atoms with van der Waals surface area (Å²) in [5, 5.41) is 12.2. The number of alkyl carbamates (subject to hydrolysis) is 1. The highest BCUT2D eigenvalue weighted by atomic mass is 16.5. The summed E-state index contributed by atoms with van der Waals surface area (Å²) in [6.45, 7) is 2.68. The highest BCUT2D eigenvalue weighted by Crippen LogP contribution is 2.44. The molecule has 184 valence electrons. The van der Waals surface area contributed by atoms with Gasteiger partial charge < -0.3 is 20.1 Å². The number of fused-ring (bicyclic) bond motifs is 3. The number of aliphatic carboxylic acids is 1. The number of nitrogens with zero attached hydrogens (tertiary/aromatic N) is 1. The topological polar surface area (TPSA) is 95.9 Å². The van der Waals surface area contributed by atoms with Crippen molar-refractivity contribution in [3.05, 3.63) is 59.7 Å². The third-order valence-electron chi connectivity index (χ3n) is 7.96. The van der Waals surface area contributed by atoms with Crippen molar-refractivity contribution in [2.24, 2.45) is 11.8 Å². The normalized spacial score (nSPS) is 25.6. The molecule has 0 bridgehead atoms. The minimum absolute atomic E-state index is 0.0151. The lowest BCUT2D eigenvalue weighted by Crippen LogP contribution is -2.48. The summed E-state index contributed by atoms with van der Waals surface area (Å²) in [7, 11) is 0. The average Bonchev–Trinajstić information content (AvgIpc) is 3.45. The first-order chi connectivity index (χ1) is 16.9. The van der Waals surface area contributed by atoms with Gasteiger partial charge >= 0.3 is 12.1 Å². The Kier molecular flexibility index (Phi) is 6.50. The van der Waals surface area contributed by atoms with Crippen LogP contribution in [0.3, 0.4) is 0 Å². The van der Waals surface area contributed by atoms with Gasteiger partial charge in [0.2, 0.25) is 5.91 Å².